The highest BCUT2D eigenvalue weighted by Gasteiger charge is 2.37. The van der Waals surface area contributed by atoms with Crippen molar-refractivity contribution in [3.8, 4) is 5.75 Å². The third-order valence-electron chi connectivity index (χ3n) is 5.70. The van der Waals surface area contributed by atoms with Crippen LogP contribution in [0.15, 0.2) is 77.3 Å². The first-order chi connectivity index (χ1) is 15.9. The molecule has 3 amide bonds. The number of carbonyl (C=O) groups is 4. The predicted octanol–water partition coefficient (Wildman–Crippen LogP) is 4.21. The van der Waals surface area contributed by atoms with E-state index in [-0.39, 0.29) is 24.6 Å². The molecular formula is C25H17BrN2O5. The van der Waals surface area contributed by atoms with Gasteiger partial charge in [0, 0.05) is 23.1 Å². The second kappa shape index (κ2) is 8.29. The van der Waals surface area contributed by atoms with E-state index < -0.39 is 23.7 Å². The van der Waals surface area contributed by atoms with Gasteiger partial charge in [-0.2, -0.15) is 0 Å². The molecule has 0 radical (unpaired) electrons. The van der Waals surface area contributed by atoms with Gasteiger partial charge in [-0.15, -0.1) is 0 Å². The number of carbonyl (C=O) groups excluding carboxylic acids is 4. The summed E-state index contributed by atoms with van der Waals surface area (Å²) >= 11 is 3.36. The quantitative estimate of drug-likeness (QED) is 0.302. The Balaban J connectivity index is 1.26. The third kappa shape index (κ3) is 3.82. The zero-order valence-corrected chi connectivity index (χ0v) is 18.8. The summed E-state index contributed by atoms with van der Waals surface area (Å²) in [6, 6.07) is 20.1. The maximum Gasteiger partial charge on any atom is 0.316 e. The van der Waals surface area contributed by atoms with Crippen LogP contribution in [0.2, 0.25) is 0 Å². The lowest BCUT2D eigenvalue weighted by molar-refractivity contribution is -0.139. The van der Waals surface area contributed by atoms with Crippen LogP contribution in [0, 0.1) is 5.92 Å². The van der Waals surface area contributed by atoms with Crippen LogP contribution in [0.1, 0.15) is 27.1 Å². The minimum atomic E-state index is -0.586. The summed E-state index contributed by atoms with van der Waals surface area (Å²) in [7, 11) is 0. The van der Waals surface area contributed by atoms with Crippen LogP contribution in [-0.4, -0.2) is 30.2 Å². The molecule has 0 bridgehead atoms. The molecule has 33 heavy (non-hydrogen) atoms. The van der Waals surface area contributed by atoms with Crippen molar-refractivity contribution in [1.82, 2.24) is 0 Å². The summed E-state index contributed by atoms with van der Waals surface area (Å²) in [5, 5.41) is 0. The number of imide groups is 1. The first-order valence-electron chi connectivity index (χ1n) is 10.3. The van der Waals surface area contributed by atoms with Gasteiger partial charge in [0.25, 0.3) is 11.8 Å². The number of ether oxygens (including phenoxy) is 1. The number of halogens is 1. The zero-order chi connectivity index (χ0) is 23.1. The van der Waals surface area contributed by atoms with Crippen molar-refractivity contribution in [1.29, 1.82) is 0 Å². The van der Waals surface area contributed by atoms with Crippen molar-refractivity contribution >= 4 is 51.0 Å². The Kier molecular flexibility index (Phi) is 5.30. The van der Waals surface area contributed by atoms with Gasteiger partial charge in [-0.25, -0.2) is 4.90 Å². The zero-order valence-electron chi connectivity index (χ0n) is 17.2. The average Bonchev–Trinajstić information content (AvgIpc) is 3.33. The highest BCUT2D eigenvalue weighted by Crippen LogP contribution is 2.31. The van der Waals surface area contributed by atoms with E-state index in [4.69, 9.17) is 4.74 Å². The van der Waals surface area contributed by atoms with Crippen LogP contribution in [-0.2, 0) is 9.59 Å². The minimum Gasteiger partial charge on any atom is -0.426 e. The van der Waals surface area contributed by atoms with E-state index >= 15 is 0 Å². The van der Waals surface area contributed by atoms with Crippen molar-refractivity contribution in [2.45, 2.75) is 6.42 Å². The van der Waals surface area contributed by atoms with Gasteiger partial charge in [-0.1, -0.05) is 28.1 Å². The molecule has 0 N–H and O–H groups in total. The van der Waals surface area contributed by atoms with Gasteiger partial charge in [-0.05, 0) is 60.7 Å². The second-order valence-corrected chi connectivity index (χ2v) is 8.70. The first-order valence-corrected chi connectivity index (χ1v) is 11.1. The number of hydrogen-bond donors (Lipinski definition) is 0. The largest absolute Gasteiger partial charge is 0.426 e. The normalized spacial score (nSPS) is 17.5. The van der Waals surface area contributed by atoms with Crippen molar-refractivity contribution < 1.29 is 23.9 Å². The third-order valence-corrected chi connectivity index (χ3v) is 6.23. The summed E-state index contributed by atoms with van der Waals surface area (Å²) in [5.74, 6) is -1.74. The number of fused-ring (bicyclic) bond motifs is 1. The van der Waals surface area contributed by atoms with Gasteiger partial charge in [0.15, 0.2) is 0 Å². The monoisotopic (exact) mass is 504 g/mol. The number of anilines is 2. The number of nitrogens with zero attached hydrogens (tertiary/aromatic N) is 2. The lowest BCUT2D eigenvalue weighted by atomic mass is 10.1. The first kappa shape index (κ1) is 21.1. The molecule has 1 atom stereocenters. The molecule has 2 heterocycles. The Labute approximate surface area is 197 Å². The molecule has 8 heteroatoms. The number of benzene rings is 3. The standard InChI is InChI=1S/C25H17BrN2O5/c26-16-5-7-17(8-6-16)27-14-15(13-22(27)29)25(32)33-19-11-9-18(10-12-19)28-23(30)20-3-1-2-4-21(20)24(28)31/h1-12,15H,13-14H2/t15-/m0/s1. The Bertz CT molecular complexity index is 1250. The molecule has 0 saturated carbocycles. The van der Waals surface area contributed by atoms with E-state index in [1.54, 1.807) is 41.3 Å². The number of amides is 3. The van der Waals surface area contributed by atoms with E-state index in [9.17, 15) is 19.2 Å². The van der Waals surface area contributed by atoms with Crippen LogP contribution >= 0.6 is 15.9 Å². The van der Waals surface area contributed by atoms with Gasteiger partial charge in [0.05, 0.1) is 22.7 Å². The highest BCUT2D eigenvalue weighted by molar-refractivity contribution is 9.10. The molecule has 164 valence electrons. The Morgan fingerprint density at radius 2 is 1.39 bits per heavy atom. The molecule has 0 aliphatic carbocycles. The molecule has 1 saturated heterocycles. The van der Waals surface area contributed by atoms with Crippen LogP contribution in [0.25, 0.3) is 0 Å². The molecule has 3 aromatic rings. The lowest BCUT2D eigenvalue weighted by Gasteiger charge is -2.17. The van der Waals surface area contributed by atoms with Gasteiger partial charge in [-0.3, -0.25) is 19.2 Å². The molecular weight excluding hydrogens is 488 g/mol. The average molecular weight is 505 g/mol. The fourth-order valence-corrected chi connectivity index (χ4v) is 4.29. The van der Waals surface area contributed by atoms with Gasteiger partial charge in [0.1, 0.15) is 5.75 Å². The second-order valence-electron chi connectivity index (χ2n) is 7.79. The fraction of sp³-hybridized carbons (Fsp3) is 0.120. The van der Waals surface area contributed by atoms with Gasteiger partial charge >= 0.3 is 5.97 Å². The molecule has 0 aromatic heterocycles. The molecule has 0 unspecified atom stereocenters. The molecule has 3 aromatic carbocycles. The SMILES string of the molecule is O=C(Oc1ccc(N2C(=O)c3ccccc3C2=O)cc1)[C@H]1CC(=O)N(c2ccc(Br)cc2)C1. The van der Waals surface area contributed by atoms with Crippen LogP contribution < -0.4 is 14.5 Å². The van der Waals surface area contributed by atoms with E-state index in [0.717, 1.165) is 15.1 Å². The summed E-state index contributed by atoms with van der Waals surface area (Å²) in [6.45, 7) is 0.242. The molecule has 2 aliphatic heterocycles. The van der Waals surface area contributed by atoms with Crippen LogP contribution in [0.5, 0.6) is 5.75 Å². The molecule has 1 fully saturated rings. The summed E-state index contributed by atoms with van der Waals surface area (Å²) in [4.78, 5) is 53.0. The highest BCUT2D eigenvalue weighted by atomic mass is 79.9. The lowest BCUT2D eigenvalue weighted by Crippen LogP contribution is -2.29. The Morgan fingerprint density at radius 1 is 0.818 bits per heavy atom. The van der Waals surface area contributed by atoms with Crippen molar-refractivity contribution in [3.05, 3.63) is 88.4 Å². The van der Waals surface area contributed by atoms with Gasteiger partial charge in [0.2, 0.25) is 5.91 Å². The maximum absolute atomic E-state index is 12.7. The van der Waals surface area contributed by atoms with Crippen LogP contribution in [0.4, 0.5) is 11.4 Å². The van der Waals surface area contributed by atoms with Gasteiger partial charge < -0.3 is 9.64 Å². The smallest absolute Gasteiger partial charge is 0.316 e. The molecule has 0 spiro atoms. The summed E-state index contributed by atoms with van der Waals surface area (Å²) in [5.41, 5.74) is 1.83. The van der Waals surface area contributed by atoms with Crippen molar-refractivity contribution in [2.75, 3.05) is 16.3 Å². The van der Waals surface area contributed by atoms with Crippen molar-refractivity contribution in [3.63, 3.8) is 0 Å². The number of esters is 1. The molecule has 2 aliphatic rings. The fourth-order valence-electron chi connectivity index (χ4n) is 4.02. The summed E-state index contributed by atoms with van der Waals surface area (Å²) in [6.07, 6.45) is 0.0714. The van der Waals surface area contributed by atoms with E-state index in [0.29, 0.717) is 16.8 Å². The number of hydrogen-bond acceptors (Lipinski definition) is 5. The molecule has 7 nitrogen and oxygen atoms in total. The summed E-state index contributed by atoms with van der Waals surface area (Å²) < 4.78 is 6.37. The maximum atomic E-state index is 12.7. The Hall–Kier alpha value is -3.78. The number of rotatable bonds is 4. The Morgan fingerprint density at radius 3 is 2.00 bits per heavy atom. The van der Waals surface area contributed by atoms with E-state index in [1.807, 2.05) is 24.3 Å². The minimum absolute atomic E-state index is 0.0714. The topological polar surface area (TPSA) is 84.0 Å². The van der Waals surface area contributed by atoms with Crippen LogP contribution in [0.3, 0.4) is 0 Å². The van der Waals surface area contributed by atoms with E-state index in [2.05, 4.69) is 15.9 Å². The van der Waals surface area contributed by atoms with E-state index in [1.165, 1.54) is 12.1 Å². The molecule has 5 rings (SSSR count). The van der Waals surface area contributed by atoms with Crippen molar-refractivity contribution in [2.24, 2.45) is 5.92 Å². The predicted molar refractivity (Wildman–Crippen MR) is 124 cm³/mol.